The summed E-state index contributed by atoms with van der Waals surface area (Å²) >= 11 is 0. The number of Topliss-reactive ketones (excluding diaryl/α,β-unsaturated/α-hetero) is 1. The lowest BCUT2D eigenvalue weighted by atomic mass is 9.91. The number of hydrogen-bond donors (Lipinski definition) is 0. The maximum absolute atomic E-state index is 11.7. The van der Waals surface area contributed by atoms with Crippen molar-refractivity contribution in [3.05, 3.63) is 35.6 Å². The highest BCUT2D eigenvalue weighted by Gasteiger charge is 2.36. The fourth-order valence-corrected chi connectivity index (χ4v) is 3.30. The van der Waals surface area contributed by atoms with Crippen LogP contribution in [0.25, 0.3) is 11.0 Å². The molecular weight excluding hydrogens is 226 g/mol. The van der Waals surface area contributed by atoms with E-state index in [4.69, 9.17) is 4.42 Å². The van der Waals surface area contributed by atoms with Crippen LogP contribution in [0.2, 0.25) is 0 Å². The Bertz CT molecular complexity index is 628. The van der Waals surface area contributed by atoms with E-state index in [0.29, 0.717) is 18.6 Å². The molecule has 1 aromatic heterocycles. The van der Waals surface area contributed by atoms with E-state index in [-0.39, 0.29) is 6.04 Å². The molecule has 3 heterocycles. The number of nitrogens with zero attached hydrogens (tertiary/aromatic N) is 1. The van der Waals surface area contributed by atoms with Crippen molar-refractivity contribution in [1.82, 2.24) is 4.90 Å². The molecule has 1 saturated heterocycles. The van der Waals surface area contributed by atoms with Gasteiger partial charge in [-0.15, -0.1) is 0 Å². The van der Waals surface area contributed by atoms with Gasteiger partial charge in [-0.05, 0) is 12.5 Å². The van der Waals surface area contributed by atoms with Crippen molar-refractivity contribution in [2.24, 2.45) is 0 Å². The molecule has 1 atom stereocenters. The van der Waals surface area contributed by atoms with Gasteiger partial charge in [-0.25, -0.2) is 0 Å². The van der Waals surface area contributed by atoms with Crippen molar-refractivity contribution in [3.8, 4) is 0 Å². The van der Waals surface area contributed by atoms with Crippen LogP contribution < -0.4 is 0 Å². The molecule has 0 unspecified atom stereocenters. The highest BCUT2D eigenvalue weighted by molar-refractivity contribution is 5.84. The third-order valence-electron chi connectivity index (χ3n) is 4.22. The number of benzene rings is 1. The average molecular weight is 241 g/mol. The average Bonchev–Trinajstić information content (AvgIpc) is 2.78. The molecule has 0 radical (unpaired) electrons. The first-order chi connectivity index (χ1) is 8.83. The summed E-state index contributed by atoms with van der Waals surface area (Å²) in [6.07, 6.45) is 2.36. The smallest absolute Gasteiger partial charge is 0.136 e. The van der Waals surface area contributed by atoms with Crippen LogP contribution in [-0.4, -0.2) is 23.8 Å². The molecule has 18 heavy (non-hydrogen) atoms. The largest absolute Gasteiger partial charge is 0.459 e. The van der Waals surface area contributed by atoms with Gasteiger partial charge in [0.25, 0.3) is 0 Å². The number of hydrogen-bond acceptors (Lipinski definition) is 3. The van der Waals surface area contributed by atoms with E-state index in [1.54, 1.807) is 0 Å². The fourth-order valence-electron chi connectivity index (χ4n) is 3.30. The van der Waals surface area contributed by atoms with E-state index in [0.717, 1.165) is 30.9 Å². The van der Waals surface area contributed by atoms with E-state index >= 15 is 0 Å². The second-order valence-corrected chi connectivity index (χ2v) is 5.24. The van der Waals surface area contributed by atoms with Gasteiger partial charge >= 0.3 is 0 Å². The molecule has 0 spiro atoms. The van der Waals surface area contributed by atoms with Gasteiger partial charge in [0, 0.05) is 36.9 Å². The zero-order chi connectivity index (χ0) is 12.1. The van der Waals surface area contributed by atoms with Crippen molar-refractivity contribution in [2.75, 3.05) is 13.1 Å². The Morgan fingerprint density at radius 3 is 2.94 bits per heavy atom. The molecule has 92 valence electrons. The topological polar surface area (TPSA) is 33.5 Å². The minimum Gasteiger partial charge on any atom is -0.459 e. The molecule has 2 aliphatic heterocycles. The Hall–Kier alpha value is -1.61. The number of rotatable bonds is 0. The molecule has 0 saturated carbocycles. The third-order valence-corrected chi connectivity index (χ3v) is 4.22. The van der Waals surface area contributed by atoms with Gasteiger partial charge in [0.15, 0.2) is 0 Å². The quantitative estimate of drug-likeness (QED) is 0.711. The molecule has 1 aromatic carbocycles. The van der Waals surface area contributed by atoms with Crippen molar-refractivity contribution in [1.29, 1.82) is 0 Å². The molecule has 0 aliphatic carbocycles. The maximum Gasteiger partial charge on any atom is 0.136 e. The lowest BCUT2D eigenvalue weighted by molar-refractivity contribution is -0.123. The standard InChI is InChI=1S/C15H15NO2/c17-10-5-7-16-8-6-12-11-3-1-2-4-14(11)18-15(12)13(16)9-10/h1-4,13H,5-9H2/t13-/m1/s1. The molecule has 2 aromatic rings. The maximum atomic E-state index is 11.7. The molecule has 3 heteroatoms. The van der Waals surface area contributed by atoms with Crippen molar-refractivity contribution >= 4 is 16.8 Å². The molecule has 0 N–H and O–H groups in total. The SMILES string of the molecule is O=C1CCN2CCc3c(oc4ccccc34)[C@H]2C1. The molecule has 2 aliphatic rings. The minimum absolute atomic E-state index is 0.183. The van der Waals surface area contributed by atoms with E-state index in [1.807, 2.05) is 12.1 Å². The predicted octanol–water partition coefficient (Wildman–Crippen LogP) is 2.69. The molecule has 4 rings (SSSR count). The summed E-state index contributed by atoms with van der Waals surface area (Å²) in [7, 11) is 0. The van der Waals surface area contributed by atoms with E-state index in [9.17, 15) is 4.79 Å². The van der Waals surface area contributed by atoms with Gasteiger partial charge in [-0.2, -0.15) is 0 Å². The Balaban J connectivity index is 1.88. The normalized spacial score (nSPS) is 24.0. The monoisotopic (exact) mass is 241 g/mol. The number of carbonyl (C=O) groups is 1. The van der Waals surface area contributed by atoms with Gasteiger partial charge in [0.2, 0.25) is 0 Å². The second-order valence-electron chi connectivity index (χ2n) is 5.24. The zero-order valence-corrected chi connectivity index (χ0v) is 10.2. The summed E-state index contributed by atoms with van der Waals surface area (Å²) in [4.78, 5) is 14.1. The van der Waals surface area contributed by atoms with Crippen LogP contribution in [0.15, 0.2) is 28.7 Å². The molecule has 3 nitrogen and oxygen atoms in total. The summed E-state index contributed by atoms with van der Waals surface area (Å²) in [5, 5.41) is 1.23. The lowest BCUT2D eigenvalue weighted by Crippen LogP contribution is -2.41. The van der Waals surface area contributed by atoms with Crippen LogP contribution >= 0.6 is 0 Å². The van der Waals surface area contributed by atoms with Crippen LogP contribution in [0.3, 0.4) is 0 Å². The van der Waals surface area contributed by atoms with E-state index in [2.05, 4.69) is 17.0 Å². The summed E-state index contributed by atoms with van der Waals surface area (Å²) in [5.41, 5.74) is 2.28. The molecular formula is C15H15NO2. The van der Waals surface area contributed by atoms with E-state index in [1.165, 1.54) is 10.9 Å². The highest BCUT2D eigenvalue weighted by atomic mass is 16.3. The Morgan fingerprint density at radius 1 is 1.17 bits per heavy atom. The number of carbonyl (C=O) groups excluding carboxylic acids is 1. The first kappa shape index (κ1) is 10.3. The van der Waals surface area contributed by atoms with Crippen LogP contribution in [-0.2, 0) is 11.2 Å². The summed E-state index contributed by atoms with van der Waals surface area (Å²) in [6.45, 7) is 1.94. The number of fused-ring (bicyclic) bond motifs is 5. The lowest BCUT2D eigenvalue weighted by Gasteiger charge is -2.37. The fraction of sp³-hybridized carbons (Fsp3) is 0.400. The highest BCUT2D eigenvalue weighted by Crippen LogP contribution is 2.40. The minimum atomic E-state index is 0.183. The summed E-state index contributed by atoms with van der Waals surface area (Å²) < 4.78 is 6.01. The van der Waals surface area contributed by atoms with Gasteiger partial charge in [0.1, 0.15) is 17.1 Å². The Kier molecular flexibility index (Phi) is 2.12. The van der Waals surface area contributed by atoms with Crippen molar-refractivity contribution in [2.45, 2.75) is 25.3 Å². The first-order valence-electron chi connectivity index (χ1n) is 6.59. The Morgan fingerprint density at radius 2 is 2.00 bits per heavy atom. The van der Waals surface area contributed by atoms with Crippen LogP contribution in [0, 0.1) is 0 Å². The van der Waals surface area contributed by atoms with Crippen LogP contribution in [0.1, 0.15) is 30.2 Å². The number of piperidine rings is 1. The second kappa shape index (κ2) is 3.69. The zero-order valence-electron chi connectivity index (χ0n) is 10.2. The number of ketones is 1. The number of furan rings is 1. The van der Waals surface area contributed by atoms with Gasteiger partial charge in [-0.1, -0.05) is 18.2 Å². The Labute approximate surface area is 105 Å². The van der Waals surface area contributed by atoms with Crippen LogP contribution in [0.5, 0.6) is 0 Å². The predicted molar refractivity (Wildman–Crippen MR) is 68.5 cm³/mol. The van der Waals surface area contributed by atoms with Crippen molar-refractivity contribution in [3.63, 3.8) is 0 Å². The molecule has 0 bridgehead atoms. The third kappa shape index (κ3) is 1.37. The summed E-state index contributed by atoms with van der Waals surface area (Å²) in [6, 6.07) is 8.38. The number of para-hydroxylation sites is 1. The van der Waals surface area contributed by atoms with E-state index < -0.39 is 0 Å². The van der Waals surface area contributed by atoms with Crippen molar-refractivity contribution < 1.29 is 9.21 Å². The van der Waals surface area contributed by atoms with Gasteiger partial charge in [0.05, 0.1) is 6.04 Å². The van der Waals surface area contributed by atoms with Gasteiger partial charge in [-0.3, -0.25) is 9.69 Å². The first-order valence-corrected chi connectivity index (χ1v) is 6.59. The van der Waals surface area contributed by atoms with Crippen LogP contribution in [0.4, 0.5) is 0 Å². The summed E-state index contributed by atoms with van der Waals surface area (Å²) in [5.74, 6) is 1.40. The molecule has 1 fully saturated rings. The molecule has 0 amide bonds. The van der Waals surface area contributed by atoms with Gasteiger partial charge < -0.3 is 4.42 Å².